The molecule has 0 spiro atoms. The fourth-order valence-electron chi connectivity index (χ4n) is 3.77. The van der Waals surface area contributed by atoms with E-state index in [0.717, 1.165) is 22.3 Å². The minimum atomic E-state index is -3.77. The smallest absolute Gasteiger partial charge is 0.241 e. The van der Waals surface area contributed by atoms with E-state index in [1.165, 1.54) is 0 Å². The topological polar surface area (TPSA) is 55.4 Å². The molecule has 0 aliphatic carbocycles. The van der Waals surface area contributed by atoms with E-state index in [1.54, 1.807) is 33.1 Å². The second-order valence-electron chi connectivity index (χ2n) is 7.42. The maximum Gasteiger partial charge on any atom is 0.241 e. The number of benzene rings is 3. The van der Waals surface area contributed by atoms with Crippen LogP contribution in [0.4, 0.5) is 0 Å². The van der Waals surface area contributed by atoms with Gasteiger partial charge in [0.05, 0.1) is 18.0 Å². The Morgan fingerprint density at radius 3 is 2.00 bits per heavy atom. The van der Waals surface area contributed by atoms with Crippen LogP contribution in [0.25, 0.3) is 0 Å². The van der Waals surface area contributed by atoms with E-state index >= 15 is 0 Å². The van der Waals surface area contributed by atoms with Crippen molar-refractivity contribution in [2.45, 2.75) is 38.6 Å². The summed E-state index contributed by atoms with van der Waals surface area (Å²) in [5, 5.41) is 0. The van der Waals surface area contributed by atoms with Crippen LogP contribution < -0.4 is 9.46 Å². The summed E-state index contributed by atoms with van der Waals surface area (Å²) in [5.74, 6) is 0.646. The van der Waals surface area contributed by atoms with Gasteiger partial charge < -0.3 is 4.74 Å². The Labute approximate surface area is 173 Å². The normalized spacial score (nSPS) is 12.6. The van der Waals surface area contributed by atoms with Crippen LogP contribution >= 0.6 is 0 Å². The maximum atomic E-state index is 13.5. The molecule has 0 aromatic heterocycles. The Balaban J connectivity index is 2.11. The standard InChI is InChI=1S/C24H27NO3S/c1-16-11-12-22(17(2)13-16)23(20-9-7-6-8-10-20)25-29(26,27)24-18(3)14-21(28-5)15-19(24)4/h6-15,23,25H,1-5H3/t23-/m0/s1. The van der Waals surface area contributed by atoms with Gasteiger partial charge in [-0.25, -0.2) is 8.42 Å². The van der Waals surface area contributed by atoms with Gasteiger partial charge in [0.1, 0.15) is 5.75 Å². The zero-order chi connectivity index (χ0) is 21.2. The first-order valence-electron chi connectivity index (χ1n) is 9.52. The third-order valence-corrected chi connectivity index (χ3v) is 6.81. The van der Waals surface area contributed by atoms with E-state index in [4.69, 9.17) is 4.74 Å². The summed E-state index contributed by atoms with van der Waals surface area (Å²) in [4.78, 5) is 0.295. The van der Waals surface area contributed by atoms with Crippen LogP contribution in [0.5, 0.6) is 5.75 Å². The predicted octanol–water partition coefficient (Wildman–Crippen LogP) is 5.00. The van der Waals surface area contributed by atoms with Gasteiger partial charge in [0.25, 0.3) is 0 Å². The summed E-state index contributed by atoms with van der Waals surface area (Å²) in [6.45, 7) is 7.62. The Morgan fingerprint density at radius 2 is 1.45 bits per heavy atom. The Bertz CT molecular complexity index is 1100. The molecule has 5 heteroatoms. The van der Waals surface area contributed by atoms with Crippen LogP contribution in [0.15, 0.2) is 65.6 Å². The van der Waals surface area contributed by atoms with Crippen molar-refractivity contribution < 1.29 is 13.2 Å². The van der Waals surface area contributed by atoms with E-state index in [1.807, 2.05) is 56.3 Å². The van der Waals surface area contributed by atoms with Crippen molar-refractivity contribution in [1.29, 1.82) is 0 Å². The van der Waals surface area contributed by atoms with Gasteiger partial charge in [-0.2, -0.15) is 4.72 Å². The fraction of sp³-hybridized carbons (Fsp3) is 0.250. The molecule has 0 saturated carbocycles. The lowest BCUT2D eigenvalue weighted by molar-refractivity contribution is 0.413. The van der Waals surface area contributed by atoms with Crippen molar-refractivity contribution in [3.8, 4) is 5.75 Å². The summed E-state index contributed by atoms with van der Waals surface area (Å²) in [7, 11) is -2.20. The van der Waals surface area contributed by atoms with Gasteiger partial charge in [-0.05, 0) is 67.6 Å². The van der Waals surface area contributed by atoms with Crippen molar-refractivity contribution in [2.24, 2.45) is 0 Å². The monoisotopic (exact) mass is 409 g/mol. The van der Waals surface area contributed by atoms with Gasteiger partial charge >= 0.3 is 0 Å². The summed E-state index contributed by atoms with van der Waals surface area (Å²) < 4.78 is 35.1. The van der Waals surface area contributed by atoms with Crippen molar-refractivity contribution in [3.63, 3.8) is 0 Å². The minimum Gasteiger partial charge on any atom is -0.497 e. The molecule has 0 heterocycles. The maximum absolute atomic E-state index is 13.5. The molecule has 3 aromatic rings. The average Bonchev–Trinajstić information content (AvgIpc) is 2.66. The first-order valence-corrected chi connectivity index (χ1v) is 11.0. The first-order chi connectivity index (χ1) is 13.7. The predicted molar refractivity (Wildman–Crippen MR) is 117 cm³/mol. The summed E-state index contributed by atoms with van der Waals surface area (Å²) in [5.41, 5.74) is 5.33. The molecule has 0 radical (unpaired) electrons. The lowest BCUT2D eigenvalue weighted by atomic mass is 9.95. The van der Waals surface area contributed by atoms with Crippen LogP contribution in [0.2, 0.25) is 0 Å². The molecule has 4 nitrogen and oxygen atoms in total. The largest absolute Gasteiger partial charge is 0.497 e. The van der Waals surface area contributed by atoms with Crippen molar-refractivity contribution in [1.82, 2.24) is 4.72 Å². The molecular weight excluding hydrogens is 382 g/mol. The summed E-state index contributed by atoms with van der Waals surface area (Å²) in [6.07, 6.45) is 0. The molecule has 1 atom stereocenters. The number of aryl methyl sites for hydroxylation is 4. The lowest BCUT2D eigenvalue weighted by Gasteiger charge is -2.23. The Morgan fingerprint density at radius 1 is 0.828 bits per heavy atom. The van der Waals surface area contributed by atoms with Crippen LogP contribution in [0.3, 0.4) is 0 Å². The van der Waals surface area contributed by atoms with Crippen LogP contribution in [0.1, 0.15) is 39.4 Å². The van der Waals surface area contributed by atoms with Gasteiger partial charge in [0.2, 0.25) is 10.0 Å². The van der Waals surface area contributed by atoms with Gasteiger partial charge in [-0.3, -0.25) is 0 Å². The van der Waals surface area contributed by atoms with Gasteiger partial charge in [-0.1, -0.05) is 54.1 Å². The summed E-state index contributed by atoms with van der Waals surface area (Å²) >= 11 is 0. The highest BCUT2D eigenvalue weighted by Crippen LogP contribution is 2.31. The van der Waals surface area contributed by atoms with E-state index in [-0.39, 0.29) is 0 Å². The molecule has 0 aliphatic rings. The highest BCUT2D eigenvalue weighted by Gasteiger charge is 2.27. The SMILES string of the molecule is COc1cc(C)c(S(=O)(=O)N[C@@H](c2ccccc2)c2ccc(C)cc2C)c(C)c1. The highest BCUT2D eigenvalue weighted by molar-refractivity contribution is 7.89. The second kappa shape index (κ2) is 8.39. The van der Waals surface area contributed by atoms with E-state index < -0.39 is 16.1 Å². The molecule has 0 saturated heterocycles. The zero-order valence-electron chi connectivity index (χ0n) is 17.5. The van der Waals surface area contributed by atoms with Crippen LogP contribution in [-0.4, -0.2) is 15.5 Å². The van der Waals surface area contributed by atoms with E-state index in [2.05, 4.69) is 10.8 Å². The fourth-order valence-corrected chi connectivity index (χ4v) is 5.43. The summed E-state index contributed by atoms with van der Waals surface area (Å²) in [6, 6.07) is 18.7. The van der Waals surface area contributed by atoms with Crippen LogP contribution in [-0.2, 0) is 10.0 Å². The molecule has 0 fully saturated rings. The molecule has 0 aliphatic heterocycles. The Kier molecular flexibility index (Phi) is 6.10. The molecule has 3 aromatic carbocycles. The third-order valence-electron chi connectivity index (χ3n) is 5.08. The number of sulfonamides is 1. The molecular formula is C24H27NO3S. The molecule has 0 bridgehead atoms. The quantitative estimate of drug-likeness (QED) is 0.623. The second-order valence-corrected chi connectivity index (χ2v) is 9.07. The number of nitrogens with one attached hydrogen (secondary N) is 1. The van der Waals surface area contributed by atoms with E-state index in [0.29, 0.717) is 21.8 Å². The molecule has 152 valence electrons. The van der Waals surface area contributed by atoms with Crippen molar-refractivity contribution in [3.05, 3.63) is 94.0 Å². The average molecular weight is 410 g/mol. The number of rotatable bonds is 6. The molecule has 3 rings (SSSR count). The molecule has 0 unspecified atom stereocenters. The number of hydrogen-bond donors (Lipinski definition) is 1. The number of hydrogen-bond acceptors (Lipinski definition) is 3. The van der Waals surface area contributed by atoms with Gasteiger partial charge in [-0.15, -0.1) is 0 Å². The Hall–Kier alpha value is -2.63. The van der Waals surface area contributed by atoms with Crippen molar-refractivity contribution >= 4 is 10.0 Å². The zero-order valence-corrected chi connectivity index (χ0v) is 18.3. The number of ether oxygens (including phenoxy) is 1. The first kappa shape index (κ1) is 21.1. The molecule has 29 heavy (non-hydrogen) atoms. The highest BCUT2D eigenvalue weighted by atomic mass is 32.2. The molecule has 1 N–H and O–H groups in total. The third kappa shape index (κ3) is 4.52. The van der Waals surface area contributed by atoms with Crippen LogP contribution in [0, 0.1) is 27.7 Å². The van der Waals surface area contributed by atoms with Gasteiger partial charge in [0.15, 0.2) is 0 Å². The number of methoxy groups -OCH3 is 1. The lowest BCUT2D eigenvalue weighted by Crippen LogP contribution is -2.31. The van der Waals surface area contributed by atoms with Crippen molar-refractivity contribution in [2.75, 3.05) is 7.11 Å². The van der Waals surface area contributed by atoms with Gasteiger partial charge in [0, 0.05) is 0 Å². The minimum absolute atomic E-state index is 0.295. The molecule has 0 amide bonds. The van der Waals surface area contributed by atoms with E-state index in [9.17, 15) is 8.42 Å².